The Balaban J connectivity index is 1.20. The zero-order valence-corrected chi connectivity index (χ0v) is 18.1. The van der Waals surface area contributed by atoms with Crippen molar-refractivity contribution in [2.45, 2.75) is 51.2 Å². The molecule has 0 saturated carbocycles. The molecule has 3 aromatic heterocycles. The average Bonchev–Trinajstić information content (AvgIpc) is 3.19. The number of piperidine rings is 2. The fraction of sp³-hybridized carbons (Fsp3) is 0.520. The van der Waals surface area contributed by atoms with E-state index >= 15 is 0 Å². The molecule has 0 aromatic carbocycles. The second-order valence-electron chi connectivity index (χ2n) is 9.73. The van der Waals surface area contributed by atoms with Crippen LogP contribution in [0, 0.1) is 5.92 Å². The van der Waals surface area contributed by atoms with E-state index in [2.05, 4.69) is 49.4 Å². The van der Waals surface area contributed by atoms with Crippen LogP contribution in [0.3, 0.4) is 0 Å². The van der Waals surface area contributed by atoms with E-state index < -0.39 is 0 Å². The largest absolute Gasteiger partial charge is 0.312 e. The minimum Gasteiger partial charge on any atom is -0.312 e. The summed E-state index contributed by atoms with van der Waals surface area (Å²) in [5, 5.41) is 0. The SMILES string of the molecule is O=c1c(CN2CCCCC2)ccc2n1C[C@H]1C[C@@H]2CN(Cc2cn3ccccc3n2)C1. The zero-order valence-electron chi connectivity index (χ0n) is 18.1. The summed E-state index contributed by atoms with van der Waals surface area (Å²) in [6, 6.07) is 10.5. The third-order valence-electron chi connectivity index (χ3n) is 7.40. The first kappa shape index (κ1) is 19.3. The van der Waals surface area contributed by atoms with Crippen LogP contribution in [0.4, 0.5) is 0 Å². The Morgan fingerprint density at radius 3 is 2.71 bits per heavy atom. The number of hydrogen-bond acceptors (Lipinski definition) is 4. The molecule has 3 aliphatic rings. The number of nitrogens with zero attached hydrogens (tertiary/aromatic N) is 5. The summed E-state index contributed by atoms with van der Waals surface area (Å²) in [4.78, 5) is 23.1. The topological polar surface area (TPSA) is 45.8 Å². The molecule has 2 bridgehead atoms. The van der Waals surface area contributed by atoms with E-state index in [-0.39, 0.29) is 5.56 Å². The quantitative estimate of drug-likeness (QED) is 0.654. The minimum absolute atomic E-state index is 0.256. The Kier molecular flexibility index (Phi) is 4.92. The molecule has 6 heteroatoms. The third-order valence-corrected chi connectivity index (χ3v) is 7.40. The van der Waals surface area contributed by atoms with Gasteiger partial charge >= 0.3 is 0 Å². The van der Waals surface area contributed by atoms with Crippen LogP contribution in [0.2, 0.25) is 0 Å². The third kappa shape index (κ3) is 3.72. The molecule has 31 heavy (non-hydrogen) atoms. The molecule has 6 heterocycles. The van der Waals surface area contributed by atoms with E-state index in [4.69, 9.17) is 4.98 Å². The van der Waals surface area contributed by atoms with Crippen molar-refractivity contribution in [3.63, 3.8) is 0 Å². The zero-order chi connectivity index (χ0) is 20.8. The summed E-state index contributed by atoms with van der Waals surface area (Å²) in [6.07, 6.45) is 9.25. The van der Waals surface area contributed by atoms with Crippen LogP contribution in [0.15, 0.2) is 47.5 Å². The monoisotopic (exact) mass is 417 g/mol. The van der Waals surface area contributed by atoms with Gasteiger partial charge in [0.15, 0.2) is 0 Å². The van der Waals surface area contributed by atoms with Crippen LogP contribution in [0.25, 0.3) is 5.65 Å². The summed E-state index contributed by atoms with van der Waals surface area (Å²) in [5.41, 5.74) is 4.61. The molecule has 3 aliphatic heterocycles. The Morgan fingerprint density at radius 1 is 0.935 bits per heavy atom. The fourth-order valence-electron chi connectivity index (χ4n) is 5.99. The molecule has 6 rings (SSSR count). The molecule has 0 spiro atoms. The van der Waals surface area contributed by atoms with Gasteiger partial charge in [0.2, 0.25) is 0 Å². The van der Waals surface area contributed by atoms with Gasteiger partial charge in [0.25, 0.3) is 5.56 Å². The lowest BCUT2D eigenvalue weighted by molar-refractivity contribution is 0.113. The van der Waals surface area contributed by atoms with Gasteiger partial charge < -0.3 is 8.97 Å². The van der Waals surface area contributed by atoms with Gasteiger partial charge in [-0.05, 0) is 56.5 Å². The predicted molar refractivity (Wildman–Crippen MR) is 121 cm³/mol. The van der Waals surface area contributed by atoms with Gasteiger partial charge in [-0.3, -0.25) is 14.6 Å². The van der Waals surface area contributed by atoms with Crippen molar-refractivity contribution in [3.8, 4) is 0 Å². The van der Waals surface area contributed by atoms with E-state index in [0.717, 1.165) is 62.7 Å². The lowest BCUT2D eigenvalue weighted by Gasteiger charge is -2.42. The summed E-state index contributed by atoms with van der Waals surface area (Å²) in [7, 11) is 0. The highest BCUT2D eigenvalue weighted by molar-refractivity contribution is 5.39. The summed E-state index contributed by atoms with van der Waals surface area (Å²) >= 11 is 0. The highest BCUT2D eigenvalue weighted by atomic mass is 16.1. The molecule has 0 amide bonds. The fourth-order valence-corrected chi connectivity index (χ4v) is 5.99. The molecular formula is C25H31N5O. The average molecular weight is 418 g/mol. The van der Waals surface area contributed by atoms with E-state index in [0.29, 0.717) is 11.8 Å². The summed E-state index contributed by atoms with van der Waals surface area (Å²) in [5.74, 6) is 0.993. The first-order chi connectivity index (χ1) is 15.2. The predicted octanol–water partition coefficient (Wildman–Crippen LogP) is 3.10. The lowest BCUT2D eigenvalue weighted by Crippen LogP contribution is -2.47. The normalized spacial score (nSPS) is 24.4. The van der Waals surface area contributed by atoms with Crippen molar-refractivity contribution in [2.24, 2.45) is 5.92 Å². The molecule has 0 N–H and O–H groups in total. The van der Waals surface area contributed by atoms with Gasteiger partial charge in [0.05, 0.1) is 5.69 Å². The molecule has 6 nitrogen and oxygen atoms in total. The lowest BCUT2D eigenvalue weighted by atomic mass is 9.83. The van der Waals surface area contributed by atoms with Crippen molar-refractivity contribution in [2.75, 3.05) is 26.2 Å². The number of imidazole rings is 1. The number of rotatable bonds is 4. The first-order valence-electron chi connectivity index (χ1n) is 11.8. The van der Waals surface area contributed by atoms with Crippen LogP contribution < -0.4 is 5.56 Å². The van der Waals surface area contributed by atoms with Gasteiger partial charge in [-0.15, -0.1) is 0 Å². The number of likely N-dealkylation sites (tertiary alicyclic amines) is 2. The number of fused-ring (bicyclic) bond motifs is 5. The molecule has 3 aromatic rings. The van der Waals surface area contributed by atoms with Crippen LogP contribution in [-0.2, 0) is 19.6 Å². The highest BCUT2D eigenvalue weighted by Crippen LogP contribution is 2.35. The van der Waals surface area contributed by atoms with Crippen molar-refractivity contribution < 1.29 is 0 Å². The van der Waals surface area contributed by atoms with Gasteiger partial charge in [-0.1, -0.05) is 18.6 Å². The highest BCUT2D eigenvalue weighted by Gasteiger charge is 2.35. The van der Waals surface area contributed by atoms with Crippen LogP contribution in [-0.4, -0.2) is 49.9 Å². The van der Waals surface area contributed by atoms with Crippen LogP contribution in [0.1, 0.15) is 48.6 Å². The summed E-state index contributed by atoms with van der Waals surface area (Å²) in [6.45, 7) is 6.87. The first-order valence-corrected chi connectivity index (χ1v) is 11.8. The van der Waals surface area contributed by atoms with Gasteiger partial charge in [0.1, 0.15) is 5.65 Å². The van der Waals surface area contributed by atoms with E-state index in [1.807, 2.05) is 12.1 Å². The van der Waals surface area contributed by atoms with Crippen LogP contribution >= 0.6 is 0 Å². The number of aromatic nitrogens is 3. The maximum absolute atomic E-state index is 13.3. The molecule has 0 aliphatic carbocycles. The number of hydrogen-bond donors (Lipinski definition) is 0. The molecule has 162 valence electrons. The molecule has 2 atom stereocenters. The molecule has 0 unspecified atom stereocenters. The standard InChI is InChI=1S/C25H31N5O/c31-25-20(15-27-9-3-1-4-10-27)7-8-23-21-12-19(14-30(23)25)13-28(16-21)17-22-18-29-11-5-2-6-24(29)26-22/h2,5-8,11,18-19,21H,1,3-4,9-10,12-17H2/t19-,21+/m0/s1. The van der Waals surface area contributed by atoms with Gasteiger partial charge in [-0.2, -0.15) is 0 Å². The maximum Gasteiger partial charge on any atom is 0.255 e. The second kappa shape index (κ2) is 7.92. The van der Waals surface area contributed by atoms with E-state index in [1.165, 1.54) is 31.4 Å². The van der Waals surface area contributed by atoms with Crippen molar-refractivity contribution in [1.29, 1.82) is 0 Å². The molecular weight excluding hydrogens is 386 g/mol. The van der Waals surface area contributed by atoms with E-state index in [9.17, 15) is 4.79 Å². The second-order valence-corrected chi connectivity index (χ2v) is 9.73. The minimum atomic E-state index is 0.256. The van der Waals surface area contributed by atoms with Gasteiger partial charge in [-0.25, -0.2) is 4.98 Å². The molecule has 0 radical (unpaired) electrons. The van der Waals surface area contributed by atoms with Crippen molar-refractivity contribution in [3.05, 3.63) is 70.0 Å². The maximum atomic E-state index is 13.3. The Morgan fingerprint density at radius 2 is 1.84 bits per heavy atom. The van der Waals surface area contributed by atoms with Crippen molar-refractivity contribution in [1.82, 2.24) is 23.8 Å². The summed E-state index contributed by atoms with van der Waals surface area (Å²) < 4.78 is 4.21. The Labute approximate surface area is 183 Å². The smallest absolute Gasteiger partial charge is 0.255 e. The molecule has 2 saturated heterocycles. The van der Waals surface area contributed by atoms with Crippen molar-refractivity contribution >= 4 is 5.65 Å². The van der Waals surface area contributed by atoms with E-state index in [1.54, 1.807) is 0 Å². The number of pyridine rings is 2. The van der Waals surface area contributed by atoms with Crippen LogP contribution in [0.5, 0.6) is 0 Å². The Bertz CT molecular complexity index is 1110. The van der Waals surface area contributed by atoms with Gasteiger partial charge in [0, 0.05) is 62.3 Å². The Hall–Kier alpha value is -2.44. The molecule has 2 fully saturated rings.